The second-order valence-corrected chi connectivity index (χ2v) is 4.05. The molecule has 1 aliphatic carbocycles. The lowest BCUT2D eigenvalue weighted by molar-refractivity contribution is 0.554. The van der Waals surface area contributed by atoms with E-state index in [2.05, 4.69) is 19.1 Å². The topological polar surface area (TPSA) is 26.0 Å². The zero-order valence-corrected chi connectivity index (χ0v) is 6.80. The van der Waals surface area contributed by atoms with Crippen LogP contribution in [0.2, 0.25) is 0 Å². The third kappa shape index (κ3) is 2.08. The quantitative estimate of drug-likeness (QED) is 0.474. The summed E-state index contributed by atoms with van der Waals surface area (Å²) in [6, 6.07) is 0. The predicted octanol–water partition coefficient (Wildman–Crippen LogP) is 1.89. The van der Waals surface area contributed by atoms with Gasteiger partial charge in [0.25, 0.3) is 0 Å². The highest BCUT2D eigenvalue weighted by Crippen LogP contribution is 2.26. The lowest BCUT2D eigenvalue weighted by atomic mass is 9.91. The summed E-state index contributed by atoms with van der Waals surface area (Å²) in [7, 11) is 0.627. The van der Waals surface area contributed by atoms with Gasteiger partial charge in [-0.3, -0.25) is 0 Å². The fraction of sp³-hybridized carbons (Fsp3) is 0.714. The molecule has 0 fully saturated rings. The van der Waals surface area contributed by atoms with Crippen LogP contribution in [0.5, 0.6) is 0 Å². The zero-order valence-electron chi connectivity index (χ0n) is 5.80. The minimum Gasteiger partial charge on any atom is -0.312 e. The molecule has 0 saturated carbocycles. The van der Waals surface area contributed by atoms with Gasteiger partial charge in [-0.15, -0.1) is 0 Å². The van der Waals surface area contributed by atoms with Crippen molar-refractivity contribution >= 4 is 8.73 Å². The molecule has 0 spiro atoms. The fourth-order valence-corrected chi connectivity index (χ4v) is 1.46. The summed E-state index contributed by atoms with van der Waals surface area (Å²) < 4.78 is 0. The second-order valence-electron chi connectivity index (χ2n) is 2.73. The maximum Gasteiger partial charge on any atom is -0.0131 e. The minimum atomic E-state index is 0.627. The number of rotatable bonds is 3. The molecule has 52 valence electrons. The van der Waals surface area contributed by atoms with Crippen molar-refractivity contribution < 1.29 is 0 Å². The van der Waals surface area contributed by atoms with E-state index in [9.17, 15) is 0 Å². The molecule has 0 heterocycles. The maximum absolute atomic E-state index is 5.50. The molecule has 0 bridgehead atoms. The first-order chi connectivity index (χ1) is 4.33. The van der Waals surface area contributed by atoms with Crippen molar-refractivity contribution in [3.8, 4) is 0 Å². The molecule has 2 N–H and O–H groups in total. The lowest BCUT2D eigenvalue weighted by Crippen LogP contribution is -2.10. The normalized spacial score (nSPS) is 28.9. The van der Waals surface area contributed by atoms with Gasteiger partial charge in [0.2, 0.25) is 0 Å². The van der Waals surface area contributed by atoms with E-state index >= 15 is 0 Å². The van der Waals surface area contributed by atoms with Gasteiger partial charge < -0.3 is 5.50 Å². The highest BCUT2D eigenvalue weighted by molar-refractivity contribution is 7.35. The molecule has 3 atom stereocenters. The zero-order chi connectivity index (χ0) is 6.69. The average Bonchev–Trinajstić information content (AvgIpc) is 1.78. The fourth-order valence-electron chi connectivity index (χ4n) is 1.03. The third-order valence-corrected chi connectivity index (χ3v) is 2.59. The van der Waals surface area contributed by atoms with Gasteiger partial charge in [0.15, 0.2) is 0 Å². The Bertz CT molecular complexity index is 111. The van der Waals surface area contributed by atoms with Crippen LogP contribution in [0.4, 0.5) is 0 Å². The Labute approximate surface area is 58.5 Å². The predicted molar refractivity (Wildman–Crippen MR) is 43.8 cm³/mol. The Kier molecular flexibility index (Phi) is 2.68. The molecule has 0 saturated heterocycles. The number of hydrogen-bond acceptors (Lipinski definition) is 1. The molecule has 0 aromatic heterocycles. The smallest absolute Gasteiger partial charge is 0.0131 e. The lowest BCUT2D eigenvalue weighted by Gasteiger charge is -2.20. The van der Waals surface area contributed by atoms with Crippen molar-refractivity contribution in [2.24, 2.45) is 11.4 Å². The van der Waals surface area contributed by atoms with Crippen LogP contribution in [0.15, 0.2) is 12.2 Å². The molecule has 0 aromatic carbocycles. The molecular weight excluding hydrogens is 129 g/mol. The molecule has 0 aromatic rings. The van der Waals surface area contributed by atoms with Crippen LogP contribution >= 0.6 is 8.73 Å². The second kappa shape index (κ2) is 3.34. The van der Waals surface area contributed by atoms with Crippen LogP contribution in [0.25, 0.3) is 0 Å². The van der Waals surface area contributed by atoms with Crippen LogP contribution in [-0.2, 0) is 0 Å². The van der Waals surface area contributed by atoms with E-state index < -0.39 is 0 Å². The van der Waals surface area contributed by atoms with Crippen LogP contribution in [0, 0.1) is 5.92 Å². The average molecular weight is 143 g/mol. The van der Waals surface area contributed by atoms with Gasteiger partial charge in [0, 0.05) is 0 Å². The molecule has 1 nitrogen and oxygen atoms in total. The maximum atomic E-state index is 5.50. The highest BCUT2D eigenvalue weighted by Gasteiger charge is 2.12. The molecule has 3 unspecified atom stereocenters. The summed E-state index contributed by atoms with van der Waals surface area (Å²) in [5.41, 5.74) is 6.24. The summed E-state index contributed by atoms with van der Waals surface area (Å²) in [6.45, 7) is 2.23. The first-order valence-corrected chi connectivity index (χ1v) is 4.61. The van der Waals surface area contributed by atoms with Crippen LogP contribution in [-0.4, -0.2) is 5.66 Å². The Hall–Kier alpha value is 0.130. The third-order valence-electron chi connectivity index (χ3n) is 1.79. The van der Waals surface area contributed by atoms with Crippen molar-refractivity contribution in [1.29, 1.82) is 0 Å². The first-order valence-electron chi connectivity index (χ1n) is 3.45. The van der Waals surface area contributed by atoms with Gasteiger partial charge >= 0.3 is 0 Å². The Morgan fingerprint density at radius 2 is 2.56 bits per heavy atom. The summed E-state index contributed by atoms with van der Waals surface area (Å²) >= 11 is 0. The summed E-state index contributed by atoms with van der Waals surface area (Å²) in [5, 5.41) is 0. The first kappa shape index (κ1) is 7.24. The van der Waals surface area contributed by atoms with Gasteiger partial charge in [-0.05, 0) is 24.4 Å². The molecular formula is C7H14NP. The molecule has 0 amide bonds. The Morgan fingerprint density at radius 1 is 1.89 bits per heavy atom. The molecule has 9 heavy (non-hydrogen) atoms. The SMILES string of the molecule is CC(CC1C=CC1)PN. The van der Waals surface area contributed by atoms with E-state index in [1.54, 1.807) is 0 Å². The Balaban J connectivity index is 2.10. The van der Waals surface area contributed by atoms with Crippen molar-refractivity contribution in [2.75, 3.05) is 0 Å². The van der Waals surface area contributed by atoms with Crippen molar-refractivity contribution in [1.82, 2.24) is 0 Å². The van der Waals surface area contributed by atoms with Crippen molar-refractivity contribution in [3.63, 3.8) is 0 Å². The number of allylic oxidation sites excluding steroid dienone is 2. The van der Waals surface area contributed by atoms with Gasteiger partial charge in [0.1, 0.15) is 0 Å². The molecule has 1 rings (SSSR count). The van der Waals surface area contributed by atoms with Crippen LogP contribution < -0.4 is 5.50 Å². The van der Waals surface area contributed by atoms with Crippen molar-refractivity contribution in [2.45, 2.75) is 25.4 Å². The highest BCUT2D eigenvalue weighted by atomic mass is 31.1. The molecule has 1 aliphatic rings. The van der Waals surface area contributed by atoms with Gasteiger partial charge in [0.05, 0.1) is 0 Å². The molecule has 0 aliphatic heterocycles. The van der Waals surface area contributed by atoms with E-state index in [1.165, 1.54) is 12.8 Å². The monoisotopic (exact) mass is 143 g/mol. The van der Waals surface area contributed by atoms with E-state index in [1.807, 2.05) is 0 Å². The molecule has 0 radical (unpaired) electrons. The standard InChI is InChI=1S/C7H14NP/c1-6(9-8)5-7-3-2-4-7/h2-3,6-7,9H,4-5,8H2,1H3. The Morgan fingerprint density at radius 3 is 2.89 bits per heavy atom. The largest absolute Gasteiger partial charge is 0.312 e. The van der Waals surface area contributed by atoms with E-state index in [0.717, 1.165) is 11.6 Å². The van der Waals surface area contributed by atoms with E-state index in [-0.39, 0.29) is 0 Å². The summed E-state index contributed by atoms with van der Waals surface area (Å²) in [5.74, 6) is 0.857. The van der Waals surface area contributed by atoms with Crippen LogP contribution in [0.1, 0.15) is 19.8 Å². The number of hydrogen-bond donors (Lipinski definition) is 1. The van der Waals surface area contributed by atoms with Crippen molar-refractivity contribution in [3.05, 3.63) is 12.2 Å². The number of nitrogens with two attached hydrogens (primary N) is 1. The van der Waals surface area contributed by atoms with E-state index in [4.69, 9.17) is 5.50 Å². The summed E-state index contributed by atoms with van der Waals surface area (Å²) in [6.07, 6.45) is 7.11. The van der Waals surface area contributed by atoms with Gasteiger partial charge in [-0.1, -0.05) is 27.8 Å². The van der Waals surface area contributed by atoms with Gasteiger partial charge in [-0.2, -0.15) is 0 Å². The summed E-state index contributed by atoms with van der Waals surface area (Å²) in [4.78, 5) is 0. The minimum absolute atomic E-state index is 0.627. The van der Waals surface area contributed by atoms with E-state index in [0.29, 0.717) is 8.73 Å². The van der Waals surface area contributed by atoms with Gasteiger partial charge in [-0.25, -0.2) is 0 Å². The van der Waals surface area contributed by atoms with Crippen LogP contribution in [0.3, 0.4) is 0 Å². The molecule has 2 heteroatoms.